The molecule has 0 spiro atoms. The van der Waals surface area contributed by atoms with Gasteiger partial charge in [-0.2, -0.15) is 0 Å². The molecule has 2 aromatic rings. The van der Waals surface area contributed by atoms with Crippen molar-refractivity contribution in [2.75, 3.05) is 0 Å². The van der Waals surface area contributed by atoms with Gasteiger partial charge in [-0.3, -0.25) is 4.79 Å². The van der Waals surface area contributed by atoms with Gasteiger partial charge in [-0.05, 0) is 31.5 Å². The quantitative estimate of drug-likeness (QED) is 0.848. The van der Waals surface area contributed by atoms with E-state index in [1.165, 1.54) is 0 Å². The van der Waals surface area contributed by atoms with Gasteiger partial charge in [-0.25, -0.2) is 4.98 Å². The monoisotopic (exact) mass is 221 g/mol. The second-order valence-electron chi connectivity index (χ2n) is 3.97. The van der Waals surface area contributed by atoms with E-state index in [4.69, 9.17) is 5.11 Å². The molecule has 0 unspecified atom stereocenters. The number of hydrogen-bond acceptors (Lipinski definition) is 3. The van der Waals surface area contributed by atoms with E-state index in [1.54, 1.807) is 30.7 Å². The van der Waals surface area contributed by atoms with Crippen LogP contribution >= 0.6 is 11.3 Å². The highest BCUT2D eigenvalue weighted by molar-refractivity contribution is 7.16. The van der Waals surface area contributed by atoms with E-state index < -0.39 is 11.4 Å². The van der Waals surface area contributed by atoms with Crippen LogP contribution in [0.1, 0.15) is 19.4 Å². The first kappa shape index (κ1) is 10.1. The Hall–Kier alpha value is -1.42. The van der Waals surface area contributed by atoms with Gasteiger partial charge in [-0.1, -0.05) is 6.07 Å². The molecule has 1 heterocycles. The van der Waals surface area contributed by atoms with E-state index in [2.05, 4.69) is 4.98 Å². The molecule has 0 fully saturated rings. The van der Waals surface area contributed by atoms with E-state index in [1.807, 2.05) is 18.2 Å². The Morgan fingerprint density at radius 2 is 2.20 bits per heavy atom. The topological polar surface area (TPSA) is 50.2 Å². The van der Waals surface area contributed by atoms with Crippen molar-refractivity contribution < 1.29 is 9.90 Å². The smallest absolute Gasteiger partial charge is 0.313 e. The number of fused-ring (bicyclic) bond motifs is 1. The van der Waals surface area contributed by atoms with Crippen LogP contribution < -0.4 is 0 Å². The number of nitrogens with zero attached hydrogens (tertiary/aromatic N) is 1. The van der Waals surface area contributed by atoms with Crippen molar-refractivity contribution in [3.8, 4) is 0 Å². The van der Waals surface area contributed by atoms with Gasteiger partial charge < -0.3 is 5.11 Å². The molecule has 0 bridgehead atoms. The van der Waals surface area contributed by atoms with Crippen molar-refractivity contribution in [3.63, 3.8) is 0 Å². The lowest BCUT2D eigenvalue weighted by Gasteiger charge is -2.19. The number of aliphatic carboxylic acids is 1. The Morgan fingerprint density at radius 3 is 2.87 bits per heavy atom. The first-order valence-electron chi connectivity index (χ1n) is 4.59. The van der Waals surface area contributed by atoms with Gasteiger partial charge in [0.15, 0.2) is 0 Å². The Balaban J connectivity index is 2.57. The van der Waals surface area contributed by atoms with E-state index in [9.17, 15) is 4.79 Å². The fraction of sp³-hybridized carbons (Fsp3) is 0.273. The number of carboxylic acids is 1. The summed E-state index contributed by atoms with van der Waals surface area (Å²) in [5.74, 6) is -0.822. The molecule has 4 heteroatoms. The largest absolute Gasteiger partial charge is 0.481 e. The SMILES string of the molecule is CC(C)(C(=O)O)c1ccc2scnc2c1. The molecule has 0 atom stereocenters. The number of benzene rings is 1. The molecule has 2 rings (SSSR count). The molecule has 1 N–H and O–H groups in total. The second kappa shape index (κ2) is 3.31. The first-order valence-corrected chi connectivity index (χ1v) is 5.47. The van der Waals surface area contributed by atoms with Crippen LogP contribution in [0.5, 0.6) is 0 Å². The van der Waals surface area contributed by atoms with E-state index in [0.29, 0.717) is 0 Å². The van der Waals surface area contributed by atoms with Crippen molar-refractivity contribution in [3.05, 3.63) is 29.3 Å². The van der Waals surface area contributed by atoms with Crippen LogP contribution in [-0.4, -0.2) is 16.1 Å². The molecule has 0 saturated heterocycles. The van der Waals surface area contributed by atoms with Crippen LogP contribution in [0.15, 0.2) is 23.7 Å². The predicted molar refractivity (Wildman–Crippen MR) is 60.3 cm³/mol. The van der Waals surface area contributed by atoms with Crippen molar-refractivity contribution in [1.29, 1.82) is 0 Å². The third-order valence-corrected chi connectivity index (χ3v) is 3.40. The zero-order chi connectivity index (χ0) is 11.1. The van der Waals surface area contributed by atoms with Crippen molar-refractivity contribution >= 4 is 27.5 Å². The molecule has 0 aliphatic carbocycles. The predicted octanol–water partition coefficient (Wildman–Crippen LogP) is 2.66. The van der Waals surface area contributed by atoms with Gasteiger partial charge in [0.2, 0.25) is 0 Å². The number of thiazole rings is 1. The van der Waals surface area contributed by atoms with E-state index in [-0.39, 0.29) is 0 Å². The molecule has 0 aliphatic heterocycles. The van der Waals surface area contributed by atoms with Crippen molar-refractivity contribution in [2.24, 2.45) is 0 Å². The van der Waals surface area contributed by atoms with Gasteiger partial charge in [0.05, 0.1) is 21.1 Å². The summed E-state index contributed by atoms with van der Waals surface area (Å²) in [6.07, 6.45) is 0. The van der Waals surface area contributed by atoms with Crippen molar-refractivity contribution in [1.82, 2.24) is 4.98 Å². The zero-order valence-electron chi connectivity index (χ0n) is 8.52. The van der Waals surface area contributed by atoms with E-state index in [0.717, 1.165) is 15.8 Å². The van der Waals surface area contributed by atoms with Crippen LogP contribution in [0.3, 0.4) is 0 Å². The standard InChI is InChI=1S/C11H11NO2S/c1-11(2,10(13)14)7-3-4-9-8(5-7)12-6-15-9/h3-6H,1-2H3,(H,13,14). The second-order valence-corrected chi connectivity index (χ2v) is 4.85. The summed E-state index contributed by atoms with van der Waals surface area (Å²) in [5.41, 5.74) is 2.56. The lowest BCUT2D eigenvalue weighted by atomic mass is 9.85. The Labute approximate surface area is 91.4 Å². The normalized spacial score (nSPS) is 11.9. The third-order valence-electron chi connectivity index (χ3n) is 2.59. The summed E-state index contributed by atoms with van der Waals surface area (Å²) in [6, 6.07) is 5.63. The molecule has 0 saturated carbocycles. The molecule has 0 aliphatic rings. The highest BCUT2D eigenvalue weighted by Crippen LogP contribution is 2.27. The molecule has 1 aromatic carbocycles. The summed E-state index contributed by atoms with van der Waals surface area (Å²) >= 11 is 1.56. The molecule has 0 amide bonds. The Morgan fingerprint density at radius 1 is 1.47 bits per heavy atom. The number of hydrogen-bond donors (Lipinski definition) is 1. The van der Waals surface area contributed by atoms with Gasteiger partial charge in [0.25, 0.3) is 0 Å². The molecule has 78 valence electrons. The van der Waals surface area contributed by atoms with Crippen LogP contribution in [-0.2, 0) is 10.2 Å². The molecule has 1 aromatic heterocycles. The maximum atomic E-state index is 11.1. The maximum absolute atomic E-state index is 11.1. The summed E-state index contributed by atoms with van der Waals surface area (Å²) < 4.78 is 1.08. The molecule has 3 nitrogen and oxygen atoms in total. The van der Waals surface area contributed by atoms with Crippen LogP contribution in [0.2, 0.25) is 0 Å². The average molecular weight is 221 g/mol. The number of rotatable bonds is 2. The van der Waals surface area contributed by atoms with Crippen LogP contribution in [0, 0.1) is 0 Å². The summed E-state index contributed by atoms with van der Waals surface area (Å²) in [5, 5.41) is 9.10. The van der Waals surface area contributed by atoms with Gasteiger partial charge in [-0.15, -0.1) is 11.3 Å². The van der Waals surface area contributed by atoms with E-state index >= 15 is 0 Å². The molecule has 15 heavy (non-hydrogen) atoms. The number of aromatic nitrogens is 1. The molecular formula is C11H11NO2S. The fourth-order valence-corrected chi connectivity index (χ4v) is 2.03. The Bertz CT molecular complexity index is 516. The highest BCUT2D eigenvalue weighted by atomic mass is 32.1. The Kier molecular flexibility index (Phi) is 2.23. The molecule has 0 radical (unpaired) electrons. The van der Waals surface area contributed by atoms with Crippen LogP contribution in [0.4, 0.5) is 0 Å². The third kappa shape index (κ3) is 1.61. The van der Waals surface area contributed by atoms with Gasteiger partial charge in [0, 0.05) is 0 Å². The first-order chi connectivity index (χ1) is 7.01. The molecular weight excluding hydrogens is 210 g/mol. The van der Waals surface area contributed by atoms with Crippen LogP contribution in [0.25, 0.3) is 10.2 Å². The minimum atomic E-state index is -0.863. The highest BCUT2D eigenvalue weighted by Gasteiger charge is 2.29. The van der Waals surface area contributed by atoms with Gasteiger partial charge >= 0.3 is 5.97 Å². The minimum absolute atomic E-state index is 0.786. The number of carbonyl (C=O) groups is 1. The summed E-state index contributed by atoms with van der Waals surface area (Å²) in [6.45, 7) is 3.39. The summed E-state index contributed by atoms with van der Waals surface area (Å²) in [7, 11) is 0. The number of carboxylic acid groups (broad SMARTS) is 1. The lowest BCUT2D eigenvalue weighted by Crippen LogP contribution is -2.28. The summed E-state index contributed by atoms with van der Waals surface area (Å²) in [4.78, 5) is 15.3. The minimum Gasteiger partial charge on any atom is -0.481 e. The average Bonchev–Trinajstić information content (AvgIpc) is 2.63. The lowest BCUT2D eigenvalue weighted by molar-refractivity contribution is -0.142. The van der Waals surface area contributed by atoms with Crippen molar-refractivity contribution in [2.45, 2.75) is 19.3 Å². The zero-order valence-corrected chi connectivity index (χ0v) is 9.34. The van der Waals surface area contributed by atoms with Gasteiger partial charge in [0.1, 0.15) is 0 Å². The fourth-order valence-electron chi connectivity index (χ4n) is 1.37. The maximum Gasteiger partial charge on any atom is 0.313 e.